The fraction of sp³-hybridized carbons (Fsp3) is 0.882. The zero-order valence-electron chi connectivity index (χ0n) is 15.2. The third-order valence-corrected chi connectivity index (χ3v) is 4.26. The van der Waals surface area contributed by atoms with Gasteiger partial charge < -0.3 is 9.31 Å². The van der Waals surface area contributed by atoms with Gasteiger partial charge in [0.05, 0.1) is 11.2 Å². The quantitative estimate of drug-likeness (QED) is 0.598. The molecule has 1 atom stereocenters. The molecule has 0 radical (unpaired) electrons. The van der Waals surface area contributed by atoms with Crippen molar-refractivity contribution in [3.8, 4) is 0 Å². The lowest BCUT2D eigenvalue weighted by molar-refractivity contribution is 0.00578. The Bertz CT molecular complexity index is 292. The van der Waals surface area contributed by atoms with E-state index in [2.05, 4.69) is 40.7 Å². The summed E-state index contributed by atoms with van der Waals surface area (Å²) in [5.41, 5.74) is 0.931. The lowest BCUT2D eigenvalue weighted by atomic mass is 9.71. The van der Waals surface area contributed by atoms with Crippen molar-refractivity contribution in [2.45, 2.75) is 92.8 Å². The molecule has 0 bridgehead atoms. The minimum atomic E-state index is -0.207. The summed E-state index contributed by atoms with van der Waals surface area (Å²) in [6, 6.07) is 0. The monoisotopic (exact) mass is 282 g/mol. The predicted octanol–water partition coefficient (Wildman–Crippen LogP) is 5.42. The summed E-state index contributed by atoms with van der Waals surface area (Å²) in [6.07, 6.45) is 5.86. The molecular formula is C17H35BO2. The topological polar surface area (TPSA) is 18.5 Å². The van der Waals surface area contributed by atoms with E-state index in [4.69, 9.17) is 9.31 Å². The van der Waals surface area contributed by atoms with E-state index >= 15 is 0 Å². The van der Waals surface area contributed by atoms with Crippen LogP contribution in [0.15, 0.2) is 11.5 Å². The Kier molecular flexibility index (Phi) is 8.12. The van der Waals surface area contributed by atoms with Crippen LogP contribution in [0, 0.1) is 5.92 Å². The average molecular weight is 282 g/mol. The lowest BCUT2D eigenvalue weighted by Gasteiger charge is -2.32. The van der Waals surface area contributed by atoms with E-state index in [1.165, 1.54) is 18.3 Å². The van der Waals surface area contributed by atoms with Crippen LogP contribution in [0.25, 0.3) is 0 Å². The molecule has 0 amide bonds. The van der Waals surface area contributed by atoms with Gasteiger partial charge in [0.2, 0.25) is 0 Å². The van der Waals surface area contributed by atoms with Crippen molar-refractivity contribution in [2.24, 2.45) is 5.92 Å². The summed E-state index contributed by atoms with van der Waals surface area (Å²) < 4.78 is 12.1. The highest BCUT2D eigenvalue weighted by molar-refractivity contribution is 6.54. The van der Waals surface area contributed by atoms with Crippen molar-refractivity contribution in [2.75, 3.05) is 0 Å². The molecular weight excluding hydrogens is 247 g/mol. The van der Waals surface area contributed by atoms with Gasteiger partial charge in [-0.1, -0.05) is 40.7 Å². The first-order valence-electron chi connectivity index (χ1n) is 8.36. The molecule has 2 aliphatic rings. The van der Waals surface area contributed by atoms with Gasteiger partial charge in [0.15, 0.2) is 0 Å². The molecule has 2 rings (SSSR count). The molecule has 0 saturated carbocycles. The van der Waals surface area contributed by atoms with Crippen LogP contribution in [-0.4, -0.2) is 18.3 Å². The minimum Gasteiger partial charge on any atom is -0.400 e. The molecule has 2 nitrogen and oxygen atoms in total. The molecule has 1 fully saturated rings. The normalized spacial score (nSPS) is 26.8. The van der Waals surface area contributed by atoms with Crippen LogP contribution in [0.1, 0.15) is 81.6 Å². The van der Waals surface area contributed by atoms with Gasteiger partial charge in [0, 0.05) is 0 Å². The largest absolute Gasteiger partial charge is 0.490 e. The second-order valence-corrected chi connectivity index (χ2v) is 6.25. The van der Waals surface area contributed by atoms with Crippen LogP contribution >= 0.6 is 0 Å². The second-order valence-electron chi connectivity index (χ2n) is 6.25. The molecule has 0 spiro atoms. The summed E-state index contributed by atoms with van der Waals surface area (Å²) in [5.74, 6) is 0.811. The molecule has 1 aliphatic heterocycles. The van der Waals surface area contributed by atoms with Gasteiger partial charge in [-0.25, -0.2) is 0 Å². The molecule has 1 saturated heterocycles. The van der Waals surface area contributed by atoms with E-state index in [0.717, 1.165) is 12.3 Å². The summed E-state index contributed by atoms with van der Waals surface area (Å²) in [4.78, 5) is 0. The molecule has 0 N–H and O–H groups in total. The fourth-order valence-electron chi connectivity index (χ4n) is 2.19. The van der Waals surface area contributed by atoms with Crippen molar-refractivity contribution in [1.82, 2.24) is 0 Å². The highest BCUT2D eigenvalue weighted by atomic mass is 16.7. The lowest BCUT2D eigenvalue weighted by Crippen LogP contribution is -2.41. The molecule has 0 aromatic carbocycles. The Morgan fingerprint density at radius 3 is 1.80 bits per heavy atom. The smallest absolute Gasteiger partial charge is 0.400 e. The SMILES string of the molecule is CC.CC.CC1CC=C(B2OC(C)(C)C(C)(C)O2)CC1. The van der Waals surface area contributed by atoms with Gasteiger partial charge in [-0.05, 0) is 58.3 Å². The Morgan fingerprint density at radius 1 is 1.00 bits per heavy atom. The summed E-state index contributed by atoms with van der Waals surface area (Å²) in [7, 11) is -0.113. The van der Waals surface area contributed by atoms with Gasteiger partial charge in [0.25, 0.3) is 0 Å². The number of allylic oxidation sites excluding steroid dienone is 2. The Hall–Kier alpha value is -0.275. The van der Waals surface area contributed by atoms with E-state index in [-0.39, 0.29) is 18.3 Å². The third kappa shape index (κ3) is 4.63. The van der Waals surface area contributed by atoms with E-state index in [1.807, 2.05) is 27.7 Å². The number of hydrogen-bond donors (Lipinski definition) is 0. The predicted molar refractivity (Wildman–Crippen MR) is 89.9 cm³/mol. The Morgan fingerprint density at radius 2 is 1.45 bits per heavy atom. The first kappa shape index (κ1) is 19.7. The first-order valence-corrected chi connectivity index (χ1v) is 8.36. The standard InChI is InChI=1S/C13H23BO2.2C2H6/c1-10-6-8-11(9-7-10)14-15-12(2,3)13(4,5)16-14;2*1-2/h8,10H,6-7,9H2,1-5H3;2*1-2H3. The van der Waals surface area contributed by atoms with Gasteiger partial charge in [-0.3, -0.25) is 0 Å². The van der Waals surface area contributed by atoms with Crippen molar-refractivity contribution < 1.29 is 9.31 Å². The van der Waals surface area contributed by atoms with E-state index < -0.39 is 0 Å². The van der Waals surface area contributed by atoms with E-state index in [9.17, 15) is 0 Å². The fourth-order valence-corrected chi connectivity index (χ4v) is 2.19. The molecule has 118 valence electrons. The maximum atomic E-state index is 6.05. The van der Waals surface area contributed by atoms with Gasteiger partial charge in [0.1, 0.15) is 0 Å². The van der Waals surface area contributed by atoms with Crippen LogP contribution in [0.3, 0.4) is 0 Å². The van der Waals surface area contributed by atoms with Gasteiger partial charge >= 0.3 is 7.12 Å². The Labute approximate surface area is 127 Å². The zero-order chi connectivity index (χ0) is 16.0. The van der Waals surface area contributed by atoms with Crippen LogP contribution in [0.2, 0.25) is 0 Å². The number of hydrogen-bond acceptors (Lipinski definition) is 2. The summed E-state index contributed by atoms with van der Waals surface area (Å²) >= 11 is 0. The molecule has 1 aliphatic carbocycles. The summed E-state index contributed by atoms with van der Waals surface area (Å²) in [5, 5.41) is 0. The van der Waals surface area contributed by atoms with E-state index in [0.29, 0.717) is 0 Å². The highest BCUT2D eigenvalue weighted by Gasteiger charge is 2.52. The maximum Gasteiger partial charge on any atom is 0.490 e. The van der Waals surface area contributed by atoms with Crippen LogP contribution in [0.4, 0.5) is 0 Å². The van der Waals surface area contributed by atoms with E-state index in [1.54, 1.807) is 0 Å². The first-order chi connectivity index (χ1) is 9.32. The van der Waals surface area contributed by atoms with Crippen molar-refractivity contribution >= 4 is 7.12 Å². The van der Waals surface area contributed by atoms with Crippen LogP contribution < -0.4 is 0 Å². The Balaban J connectivity index is 0.000000829. The maximum absolute atomic E-state index is 6.05. The zero-order valence-corrected chi connectivity index (χ0v) is 15.2. The van der Waals surface area contributed by atoms with Gasteiger partial charge in [-0.2, -0.15) is 0 Å². The molecule has 3 heteroatoms. The minimum absolute atomic E-state index is 0.113. The second kappa shape index (κ2) is 8.24. The number of rotatable bonds is 1. The highest BCUT2D eigenvalue weighted by Crippen LogP contribution is 2.40. The molecule has 0 aromatic rings. The van der Waals surface area contributed by atoms with Crippen LogP contribution in [-0.2, 0) is 9.31 Å². The van der Waals surface area contributed by atoms with Crippen molar-refractivity contribution in [1.29, 1.82) is 0 Å². The molecule has 1 heterocycles. The molecule has 1 unspecified atom stereocenters. The van der Waals surface area contributed by atoms with Crippen molar-refractivity contribution in [3.63, 3.8) is 0 Å². The molecule has 20 heavy (non-hydrogen) atoms. The van der Waals surface area contributed by atoms with Crippen LogP contribution in [0.5, 0.6) is 0 Å². The summed E-state index contributed by atoms with van der Waals surface area (Å²) in [6.45, 7) is 18.7. The van der Waals surface area contributed by atoms with Crippen molar-refractivity contribution in [3.05, 3.63) is 11.5 Å². The van der Waals surface area contributed by atoms with Gasteiger partial charge in [-0.15, -0.1) is 0 Å². The molecule has 0 aromatic heterocycles. The average Bonchev–Trinajstić information content (AvgIpc) is 2.64. The third-order valence-electron chi connectivity index (χ3n) is 4.26.